The van der Waals surface area contributed by atoms with Crippen LogP contribution in [0.3, 0.4) is 0 Å². The zero-order valence-electron chi connectivity index (χ0n) is 17.5. The molecule has 2 aliphatic rings. The van der Waals surface area contributed by atoms with E-state index in [1.54, 1.807) is 24.3 Å². The Hall–Kier alpha value is -3.46. The lowest BCUT2D eigenvalue weighted by atomic mass is 10.2. The van der Waals surface area contributed by atoms with E-state index < -0.39 is 17.1 Å². The topological polar surface area (TPSA) is 94.2 Å². The number of hydrogen-bond acceptors (Lipinski definition) is 7. The van der Waals surface area contributed by atoms with E-state index in [0.717, 1.165) is 23.1 Å². The van der Waals surface area contributed by atoms with Gasteiger partial charge in [0, 0.05) is 17.3 Å². The molecule has 0 aliphatic carbocycles. The van der Waals surface area contributed by atoms with Crippen molar-refractivity contribution in [2.24, 2.45) is 0 Å². The van der Waals surface area contributed by atoms with Crippen LogP contribution in [0, 0.1) is 0 Å². The zero-order valence-corrected chi connectivity index (χ0v) is 18.3. The number of imide groups is 1. The number of thioether (sulfide) groups is 1. The minimum atomic E-state index is -0.511. The number of para-hydroxylation sites is 1. The molecule has 0 bridgehead atoms. The van der Waals surface area contributed by atoms with Gasteiger partial charge in [-0.15, -0.1) is 0 Å². The van der Waals surface area contributed by atoms with Gasteiger partial charge in [0.2, 0.25) is 5.91 Å². The number of ether oxygens (including phenoxy) is 3. The first kappa shape index (κ1) is 21.8. The molecule has 166 valence electrons. The lowest BCUT2D eigenvalue weighted by molar-refractivity contribution is -0.127. The van der Waals surface area contributed by atoms with Gasteiger partial charge < -0.3 is 19.5 Å². The van der Waals surface area contributed by atoms with Crippen LogP contribution < -0.4 is 19.5 Å². The summed E-state index contributed by atoms with van der Waals surface area (Å²) < 4.78 is 16.7. The van der Waals surface area contributed by atoms with Crippen LogP contribution in [-0.2, 0) is 9.59 Å². The van der Waals surface area contributed by atoms with E-state index in [-0.39, 0.29) is 11.4 Å². The van der Waals surface area contributed by atoms with Crippen LogP contribution in [-0.4, -0.2) is 48.3 Å². The molecule has 9 heteroatoms. The highest BCUT2D eigenvalue weighted by atomic mass is 32.2. The summed E-state index contributed by atoms with van der Waals surface area (Å²) in [6.45, 7) is 3.07. The zero-order chi connectivity index (χ0) is 22.5. The lowest BCUT2D eigenvalue weighted by Gasteiger charge is -2.19. The Kier molecular flexibility index (Phi) is 6.65. The average molecular weight is 455 g/mol. The molecule has 4 rings (SSSR count). The molecule has 0 radical (unpaired) electrons. The van der Waals surface area contributed by atoms with E-state index in [1.807, 2.05) is 31.2 Å². The molecule has 1 fully saturated rings. The Morgan fingerprint density at radius 1 is 1.16 bits per heavy atom. The Morgan fingerprint density at radius 2 is 1.94 bits per heavy atom. The van der Waals surface area contributed by atoms with E-state index in [1.165, 1.54) is 0 Å². The third kappa shape index (κ3) is 4.88. The maximum atomic E-state index is 12.8. The fourth-order valence-corrected chi connectivity index (χ4v) is 4.02. The van der Waals surface area contributed by atoms with Crippen molar-refractivity contribution >= 4 is 40.6 Å². The summed E-state index contributed by atoms with van der Waals surface area (Å²) in [7, 11) is 0. The number of anilines is 1. The summed E-state index contributed by atoms with van der Waals surface area (Å²) in [5.74, 6) is 0.776. The maximum absolute atomic E-state index is 12.8. The minimum absolute atomic E-state index is 0.245. The first-order valence-corrected chi connectivity index (χ1v) is 11.0. The molecule has 2 aromatic carbocycles. The monoisotopic (exact) mass is 454 g/mol. The van der Waals surface area contributed by atoms with Crippen molar-refractivity contribution in [3.05, 3.63) is 52.9 Å². The predicted molar refractivity (Wildman–Crippen MR) is 121 cm³/mol. The second-order valence-electron chi connectivity index (χ2n) is 7.06. The number of benzene rings is 2. The smallest absolute Gasteiger partial charge is 0.294 e. The van der Waals surface area contributed by atoms with Gasteiger partial charge in [0.1, 0.15) is 25.5 Å². The van der Waals surface area contributed by atoms with Gasteiger partial charge in [-0.2, -0.15) is 0 Å². The number of nitrogens with one attached hydrogen (secondary N) is 1. The number of rotatable bonds is 7. The Labute approximate surface area is 189 Å². The van der Waals surface area contributed by atoms with E-state index >= 15 is 0 Å². The SMILES string of the molecule is CCCOc1ccccc1/C=C1/SC(=O)N(CC(=O)Nc2ccc3c(c2)OCCO3)C1=O. The molecule has 0 saturated carbocycles. The highest BCUT2D eigenvalue weighted by molar-refractivity contribution is 8.18. The number of carbonyl (C=O) groups excluding carboxylic acids is 3. The molecule has 0 unspecified atom stereocenters. The summed E-state index contributed by atoms with van der Waals surface area (Å²) >= 11 is 0.803. The van der Waals surface area contributed by atoms with Gasteiger partial charge in [-0.05, 0) is 42.5 Å². The Balaban J connectivity index is 1.43. The minimum Gasteiger partial charge on any atom is -0.493 e. The molecule has 1 N–H and O–H groups in total. The molecule has 8 nitrogen and oxygen atoms in total. The van der Waals surface area contributed by atoms with Crippen LogP contribution in [0.2, 0.25) is 0 Å². The van der Waals surface area contributed by atoms with Gasteiger partial charge in [0.05, 0.1) is 11.5 Å². The van der Waals surface area contributed by atoms with Crippen molar-refractivity contribution in [1.29, 1.82) is 0 Å². The largest absolute Gasteiger partial charge is 0.493 e. The normalized spacial score (nSPS) is 16.4. The highest BCUT2D eigenvalue weighted by Crippen LogP contribution is 2.35. The van der Waals surface area contributed by atoms with Gasteiger partial charge in [0.15, 0.2) is 11.5 Å². The second-order valence-corrected chi connectivity index (χ2v) is 8.05. The Bertz CT molecular complexity index is 1080. The first-order valence-electron chi connectivity index (χ1n) is 10.2. The molecule has 0 atom stereocenters. The standard InChI is InChI=1S/C23H22N2O6S/c1-2-9-29-17-6-4-3-5-15(17)12-20-22(27)25(23(28)32-20)14-21(26)24-16-7-8-18-19(13-16)31-11-10-30-18/h3-8,12-13H,2,9-11,14H2,1H3,(H,24,26)/b20-12+. The first-order chi connectivity index (χ1) is 15.5. The second kappa shape index (κ2) is 9.78. The molecule has 32 heavy (non-hydrogen) atoms. The van der Waals surface area contributed by atoms with E-state index in [4.69, 9.17) is 14.2 Å². The predicted octanol–water partition coefficient (Wildman–Crippen LogP) is 3.92. The van der Waals surface area contributed by atoms with Crippen LogP contribution in [0.4, 0.5) is 10.5 Å². The van der Waals surface area contributed by atoms with Crippen molar-refractivity contribution in [3.63, 3.8) is 0 Å². The van der Waals surface area contributed by atoms with Gasteiger partial charge in [-0.1, -0.05) is 25.1 Å². The van der Waals surface area contributed by atoms with Crippen molar-refractivity contribution in [1.82, 2.24) is 4.90 Å². The highest BCUT2D eigenvalue weighted by Gasteiger charge is 2.36. The summed E-state index contributed by atoms with van der Waals surface area (Å²) in [6, 6.07) is 12.3. The van der Waals surface area contributed by atoms with Crippen molar-refractivity contribution in [2.45, 2.75) is 13.3 Å². The summed E-state index contributed by atoms with van der Waals surface area (Å²) in [6.07, 6.45) is 2.47. The molecule has 2 heterocycles. The summed E-state index contributed by atoms with van der Waals surface area (Å²) in [5.41, 5.74) is 1.19. The molecule has 2 aromatic rings. The van der Waals surface area contributed by atoms with Crippen LogP contribution in [0.25, 0.3) is 6.08 Å². The number of hydrogen-bond donors (Lipinski definition) is 1. The molecule has 2 aliphatic heterocycles. The third-order valence-corrected chi connectivity index (χ3v) is 5.58. The molecular formula is C23H22N2O6S. The summed E-state index contributed by atoms with van der Waals surface area (Å²) in [5, 5.41) is 2.19. The van der Waals surface area contributed by atoms with Gasteiger partial charge in [0.25, 0.3) is 11.1 Å². The van der Waals surface area contributed by atoms with Crippen molar-refractivity contribution in [2.75, 3.05) is 31.7 Å². The van der Waals surface area contributed by atoms with Crippen LogP contribution >= 0.6 is 11.8 Å². The van der Waals surface area contributed by atoms with Crippen molar-refractivity contribution in [3.8, 4) is 17.2 Å². The molecule has 0 aromatic heterocycles. The van der Waals surface area contributed by atoms with Gasteiger partial charge >= 0.3 is 0 Å². The number of nitrogens with zero attached hydrogens (tertiary/aromatic N) is 1. The molecule has 0 spiro atoms. The average Bonchev–Trinajstić information content (AvgIpc) is 3.05. The van der Waals surface area contributed by atoms with Crippen LogP contribution in [0.5, 0.6) is 17.2 Å². The van der Waals surface area contributed by atoms with Crippen LogP contribution in [0.15, 0.2) is 47.4 Å². The fourth-order valence-electron chi connectivity index (χ4n) is 3.19. The Morgan fingerprint density at radius 3 is 2.75 bits per heavy atom. The molecule has 1 saturated heterocycles. The van der Waals surface area contributed by atoms with Gasteiger partial charge in [-0.3, -0.25) is 19.3 Å². The van der Waals surface area contributed by atoms with Crippen LogP contribution in [0.1, 0.15) is 18.9 Å². The fraction of sp³-hybridized carbons (Fsp3) is 0.261. The van der Waals surface area contributed by atoms with Gasteiger partial charge in [-0.25, -0.2) is 0 Å². The molecular weight excluding hydrogens is 432 g/mol. The van der Waals surface area contributed by atoms with E-state index in [0.29, 0.717) is 48.3 Å². The summed E-state index contributed by atoms with van der Waals surface area (Å²) in [4.78, 5) is 38.8. The lowest BCUT2D eigenvalue weighted by Crippen LogP contribution is -2.36. The maximum Gasteiger partial charge on any atom is 0.294 e. The number of amides is 3. The van der Waals surface area contributed by atoms with Crippen molar-refractivity contribution < 1.29 is 28.6 Å². The number of carbonyl (C=O) groups is 3. The quantitative estimate of drug-likeness (QED) is 0.634. The third-order valence-electron chi connectivity index (χ3n) is 4.67. The van der Waals surface area contributed by atoms with E-state index in [9.17, 15) is 14.4 Å². The molecule has 3 amide bonds. The number of fused-ring (bicyclic) bond motifs is 1. The van der Waals surface area contributed by atoms with E-state index in [2.05, 4.69) is 5.32 Å².